The number of rotatable bonds is 17. The zero-order chi connectivity index (χ0) is 34.1. The van der Waals surface area contributed by atoms with Crippen LogP contribution in [0.15, 0.2) is 0 Å². The van der Waals surface area contributed by atoms with Gasteiger partial charge in [-0.3, -0.25) is 0 Å². The van der Waals surface area contributed by atoms with Crippen LogP contribution in [0.4, 0.5) is 0 Å². The van der Waals surface area contributed by atoms with E-state index in [0.29, 0.717) is 0 Å². The van der Waals surface area contributed by atoms with Gasteiger partial charge in [-0.2, -0.15) is 0 Å². The van der Waals surface area contributed by atoms with Crippen LogP contribution in [-0.4, -0.2) is 202 Å². The molecule has 0 bridgehead atoms. The van der Waals surface area contributed by atoms with Crippen molar-refractivity contribution in [3.05, 3.63) is 0 Å². The minimum Gasteiger partial charge on any atom is -0.391 e. The van der Waals surface area contributed by atoms with E-state index in [-0.39, 0.29) is 33.0 Å². The summed E-state index contributed by atoms with van der Waals surface area (Å²) in [5.74, 6) is 0. The van der Waals surface area contributed by atoms with Gasteiger partial charge in [-0.1, -0.05) is 0 Å². The molecule has 0 saturated carbocycles. The molecule has 7 N–H and O–H groups in total. The number of hydrogen-bond donors (Lipinski definition) is 7. The van der Waals surface area contributed by atoms with Crippen molar-refractivity contribution in [2.45, 2.75) is 118 Å². The normalized spacial score (nSPS) is 43.4. The first-order chi connectivity index (χ1) is 21.9. The van der Waals surface area contributed by atoms with Crippen LogP contribution in [0.2, 0.25) is 0 Å². The molecule has 0 aromatic heterocycles. The minimum atomic E-state index is -1.72. The van der Waals surface area contributed by atoms with E-state index in [4.69, 9.17) is 52.1 Å². The zero-order valence-corrected chi connectivity index (χ0v) is 27.0. The maximum absolute atomic E-state index is 11.7. The molecule has 3 rings (SSSR count). The Morgan fingerprint density at radius 2 is 1.13 bits per heavy atom. The highest BCUT2D eigenvalue weighted by atomic mass is 16.8. The topological polar surface area (TPSA) is 243 Å². The lowest BCUT2D eigenvalue weighted by Gasteiger charge is -2.49. The number of aliphatic hydroxyl groups excluding tert-OH is 7. The van der Waals surface area contributed by atoms with Crippen LogP contribution >= 0.6 is 0 Å². The molecule has 0 spiro atoms. The molecular formula is C28H52O18. The van der Waals surface area contributed by atoms with Gasteiger partial charge < -0.3 is 87.9 Å². The molecule has 0 aliphatic carbocycles. The highest BCUT2D eigenvalue weighted by Gasteiger charge is 2.54. The third-order valence-electron chi connectivity index (χ3n) is 8.00. The smallest absolute Gasteiger partial charge is 0.187 e. The van der Waals surface area contributed by atoms with Crippen LogP contribution in [0.5, 0.6) is 0 Å². The first-order valence-electron chi connectivity index (χ1n) is 15.1. The summed E-state index contributed by atoms with van der Waals surface area (Å²) in [6.45, 7) is 2.69. The van der Waals surface area contributed by atoms with Crippen molar-refractivity contribution in [2.24, 2.45) is 0 Å². The Balaban J connectivity index is 1.88. The second kappa shape index (κ2) is 18.9. The van der Waals surface area contributed by atoms with E-state index in [9.17, 15) is 35.7 Å². The van der Waals surface area contributed by atoms with Crippen molar-refractivity contribution >= 4 is 0 Å². The van der Waals surface area contributed by atoms with Crippen molar-refractivity contribution in [3.63, 3.8) is 0 Å². The number of aliphatic hydroxyl groups is 7. The molecule has 18 heteroatoms. The molecule has 0 radical (unpaired) electrons. The van der Waals surface area contributed by atoms with Crippen molar-refractivity contribution in [3.8, 4) is 0 Å². The Morgan fingerprint density at radius 1 is 0.587 bits per heavy atom. The number of hydrogen-bond acceptors (Lipinski definition) is 18. The molecule has 0 aromatic rings. The molecule has 3 aliphatic rings. The van der Waals surface area contributed by atoms with E-state index >= 15 is 0 Å². The van der Waals surface area contributed by atoms with Gasteiger partial charge in [0.05, 0.1) is 45.2 Å². The fraction of sp³-hybridized carbons (Fsp3) is 1.00. The highest BCUT2D eigenvalue weighted by Crippen LogP contribution is 2.34. The largest absolute Gasteiger partial charge is 0.391 e. The summed E-state index contributed by atoms with van der Waals surface area (Å²) in [6.07, 6.45) is -21.8. The first kappa shape index (κ1) is 39.7. The van der Waals surface area contributed by atoms with Gasteiger partial charge >= 0.3 is 0 Å². The summed E-state index contributed by atoms with van der Waals surface area (Å²) in [4.78, 5) is 0. The van der Waals surface area contributed by atoms with E-state index in [1.807, 2.05) is 0 Å². The maximum atomic E-state index is 11.7. The molecular weight excluding hydrogens is 624 g/mol. The van der Waals surface area contributed by atoms with Crippen LogP contribution in [0.3, 0.4) is 0 Å². The Bertz CT molecular complexity index is 855. The van der Waals surface area contributed by atoms with Gasteiger partial charge in [-0.15, -0.1) is 0 Å². The van der Waals surface area contributed by atoms with Crippen LogP contribution in [0, 0.1) is 0 Å². The van der Waals surface area contributed by atoms with Gasteiger partial charge in [0.2, 0.25) is 0 Å². The molecule has 17 unspecified atom stereocenters. The molecule has 0 aromatic carbocycles. The van der Waals surface area contributed by atoms with E-state index < -0.39 is 104 Å². The van der Waals surface area contributed by atoms with Gasteiger partial charge in [0.1, 0.15) is 73.2 Å². The van der Waals surface area contributed by atoms with E-state index in [0.717, 1.165) is 0 Å². The second-order valence-corrected chi connectivity index (χ2v) is 11.6. The average molecular weight is 677 g/mol. The van der Waals surface area contributed by atoms with E-state index in [1.165, 1.54) is 35.4 Å². The molecule has 3 aliphatic heterocycles. The fourth-order valence-corrected chi connectivity index (χ4v) is 5.42. The van der Waals surface area contributed by atoms with Crippen LogP contribution < -0.4 is 0 Å². The first-order valence-corrected chi connectivity index (χ1v) is 15.1. The van der Waals surface area contributed by atoms with Gasteiger partial charge in [0.15, 0.2) is 18.9 Å². The van der Waals surface area contributed by atoms with Crippen LogP contribution in [-0.2, 0) is 52.1 Å². The monoisotopic (exact) mass is 676 g/mol. The zero-order valence-electron chi connectivity index (χ0n) is 27.0. The lowest BCUT2D eigenvalue weighted by molar-refractivity contribution is -0.383. The Labute approximate surface area is 267 Å². The predicted molar refractivity (Wildman–Crippen MR) is 151 cm³/mol. The average Bonchev–Trinajstić information content (AvgIpc) is 3.01. The summed E-state index contributed by atoms with van der Waals surface area (Å²) in [5, 5.41) is 73.9. The molecule has 272 valence electrons. The van der Waals surface area contributed by atoms with Crippen molar-refractivity contribution in [1.82, 2.24) is 0 Å². The van der Waals surface area contributed by atoms with Crippen molar-refractivity contribution in [1.29, 1.82) is 0 Å². The van der Waals surface area contributed by atoms with Gasteiger partial charge in [0.25, 0.3) is 0 Å². The quantitative estimate of drug-likeness (QED) is 0.0773. The van der Waals surface area contributed by atoms with Gasteiger partial charge in [-0.05, 0) is 13.8 Å². The SMILES string of the molecule is COCC1OC(O)C(O)C(O)C1OC1OC(COC)C(OC2OC(COCC(C)O)C(O)C(O)C2OC)C(O)C1OCC(C)OC. The fourth-order valence-electron chi connectivity index (χ4n) is 5.42. The minimum absolute atomic E-state index is 0.0378. The van der Waals surface area contributed by atoms with Crippen LogP contribution in [0.1, 0.15) is 13.8 Å². The summed E-state index contributed by atoms with van der Waals surface area (Å²) in [5.41, 5.74) is 0. The summed E-state index contributed by atoms with van der Waals surface area (Å²) >= 11 is 0. The number of methoxy groups -OCH3 is 4. The number of ether oxygens (including phenoxy) is 11. The third-order valence-corrected chi connectivity index (χ3v) is 8.00. The third kappa shape index (κ3) is 9.93. The summed E-state index contributed by atoms with van der Waals surface area (Å²) in [7, 11) is 5.52. The van der Waals surface area contributed by atoms with E-state index in [2.05, 4.69) is 0 Å². The van der Waals surface area contributed by atoms with Crippen molar-refractivity contribution in [2.75, 3.05) is 61.5 Å². The molecule has 3 saturated heterocycles. The Kier molecular flexibility index (Phi) is 16.3. The lowest BCUT2D eigenvalue weighted by Crippen LogP contribution is -2.67. The molecule has 3 fully saturated rings. The highest BCUT2D eigenvalue weighted by molar-refractivity contribution is 4.97. The molecule has 46 heavy (non-hydrogen) atoms. The summed E-state index contributed by atoms with van der Waals surface area (Å²) < 4.78 is 62.4. The lowest BCUT2D eigenvalue weighted by atomic mass is 9.95. The molecule has 18 nitrogen and oxygen atoms in total. The van der Waals surface area contributed by atoms with Crippen LogP contribution in [0.25, 0.3) is 0 Å². The standard InChI is InChI=1S/C28H52O18/c1-12(29)7-40-11-14-17(30)18(31)24(39-6)27(43-14)46-23-16(10-37-4)44-28(25(21(23)34)41-8-13(2)38-5)45-22-15(9-36-3)42-26(35)20(33)19(22)32/h12-35H,7-11H2,1-6H3. The maximum Gasteiger partial charge on any atom is 0.187 e. The summed E-state index contributed by atoms with van der Waals surface area (Å²) in [6, 6.07) is 0. The second-order valence-electron chi connectivity index (χ2n) is 11.6. The predicted octanol–water partition coefficient (Wildman–Crippen LogP) is -4.15. The van der Waals surface area contributed by atoms with Crippen molar-refractivity contribution < 1.29 is 87.9 Å². The molecule has 17 atom stereocenters. The van der Waals surface area contributed by atoms with Gasteiger partial charge in [-0.25, -0.2) is 0 Å². The van der Waals surface area contributed by atoms with E-state index in [1.54, 1.807) is 6.92 Å². The Hall–Kier alpha value is -0.720. The molecule has 3 heterocycles. The molecule has 0 amide bonds. The Morgan fingerprint density at radius 3 is 1.70 bits per heavy atom. The van der Waals surface area contributed by atoms with Gasteiger partial charge in [0, 0.05) is 28.4 Å².